The number of halogens is 1. The van der Waals surface area contributed by atoms with E-state index in [1.165, 1.54) is 25.3 Å². The molecule has 1 aromatic carbocycles. The van der Waals surface area contributed by atoms with Gasteiger partial charge >= 0.3 is 0 Å². The van der Waals surface area contributed by atoms with Crippen LogP contribution >= 0.6 is 11.6 Å². The maximum Gasteiger partial charge on any atom is 0.163 e. The Bertz CT molecular complexity index is 507. The van der Waals surface area contributed by atoms with Crippen LogP contribution in [0.15, 0.2) is 35.0 Å². The lowest BCUT2D eigenvalue weighted by Crippen LogP contribution is -2.08. The fourth-order valence-corrected chi connectivity index (χ4v) is 1.49. The molecule has 1 aromatic rings. The Morgan fingerprint density at radius 2 is 2.12 bits per heavy atom. The second kappa shape index (κ2) is 5.50. The van der Waals surface area contributed by atoms with Crippen molar-refractivity contribution in [2.24, 2.45) is 10.7 Å². The number of ketones is 1. The lowest BCUT2D eigenvalue weighted by atomic mass is 10.1. The van der Waals surface area contributed by atoms with Crippen LogP contribution in [0.1, 0.15) is 13.8 Å². The Morgan fingerprint density at radius 1 is 1.47 bits per heavy atom. The first-order chi connectivity index (χ1) is 7.95. The molecule has 90 valence electrons. The predicted octanol–water partition coefficient (Wildman–Crippen LogP) is 2.57. The lowest BCUT2D eigenvalue weighted by molar-refractivity contribution is -0.113. The molecule has 0 saturated heterocycles. The van der Waals surface area contributed by atoms with Crippen LogP contribution in [-0.4, -0.2) is 16.6 Å². The molecular weight excluding hydrogens is 240 g/mol. The fraction of sp³-hybridized carbons (Fsp3) is 0.167. The summed E-state index contributed by atoms with van der Waals surface area (Å²) in [6, 6.07) is 4.50. The molecule has 0 bridgehead atoms. The lowest BCUT2D eigenvalue weighted by Gasteiger charge is -2.04. The Morgan fingerprint density at radius 3 is 2.65 bits per heavy atom. The fourth-order valence-electron chi connectivity index (χ4n) is 1.32. The van der Waals surface area contributed by atoms with E-state index in [1.807, 2.05) is 0 Å². The van der Waals surface area contributed by atoms with Gasteiger partial charge in [0.2, 0.25) is 0 Å². The van der Waals surface area contributed by atoms with Crippen LogP contribution in [0.25, 0.3) is 0 Å². The van der Waals surface area contributed by atoms with E-state index < -0.39 is 0 Å². The quantitative estimate of drug-likeness (QED) is 0.641. The van der Waals surface area contributed by atoms with Gasteiger partial charge in [-0.15, -0.1) is 0 Å². The molecular formula is C12H13ClN2O2. The van der Waals surface area contributed by atoms with Gasteiger partial charge in [0.15, 0.2) is 5.78 Å². The van der Waals surface area contributed by atoms with Crippen molar-refractivity contribution in [1.82, 2.24) is 0 Å². The number of rotatable bonds is 3. The van der Waals surface area contributed by atoms with Gasteiger partial charge in [0, 0.05) is 11.2 Å². The molecule has 0 spiro atoms. The highest BCUT2D eigenvalue weighted by Crippen LogP contribution is 2.29. The predicted molar refractivity (Wildman–Crippen MR) is 68.8 cm³/mol. The van der Waals surface area contributed by atoms with Crippen LogP contribution in [0.4, 0.5) is 5.69 Å². The van der Waals surface area contributed by atoms with Crippen molar-refractivity contribution < 1.29 is 9.90 Å². The van der Waals surface area contributed by atoms with Gasteiger partial charge in [-0.05, 0) is 32.0 Å². The van der Waals surface area contributed by atoms with Gasteiger partial charge in [0.05, 0.1) is 11.3 Å². The zero-order valence-corrected chi connectivity index (χ0v) is 10.3. The Balaban J connectivity index is 3.18. The highest BCUT2D eigenvalue weighted by molar-refractivity contribution is 6.31. The number of carbonyl (C=O) groups excluding carboxylic acids is 1. The number of phenols is 1. The van der Waals surface area contributed by atoms with Crippen molar-refractivity contribution >= 4 is 28.8 Å². The standard InChI is InChI=1S/C12H13ClN2O2/c1-7(10(6-14)8(2)16)15-11-5-9(13)3-4-12(11)17/h3-6,17H,14H2,1-2H3. The summed E-state index contributed by atoms with van der Waals surface area (Å²) < 4.78 is 0. The number of aliphatic imine (C=N–C) groups is 1. The van der Waals surface area contributed by atoms with Crippen LogP contribution in [0.5, 0.6) is 5.75 Å². The van der Waals surface area contributed by atoms with Crippen molar-refractivity contribution in [3.63, 3.8) is 0 Å². The molecule has 0 unspecified atom stereocenters. The molecule has 0 aliphatic carbocycles. The molecule has 0 heterocycles. The number of aromatic hydroxyl groups is 1. The summed E-state index contributed by atoms with van der Waals surface area (Å²) in [6.45, 7) is 3.04. The van der Waals surface area contributed by atoms with E-state index in [1.54, 1.807) is 13.0 Å². The molecule has 0 radical (unpaired) electrons. The summed E-state index contributed by atoms with van der Waals surface area (Å²) in [5.41, 5.74) is 6.38. The van der Waals surface area contributed by atoms with E-state index in [-0.39, 0.29) is 11.5 Å². The molecule has 0 saturated carbocycles. The monoisotopic (exact) mass is 252 g/mol. The number of Topliss-reactive ketones (excluding diaryl/α,β-unsaturated/α-hetero) is 1. The molecule has 0 atom stereocenters. The molecule has 3 N–H and O–H groups in total. The number of hydrogen-bond donors (Lipinski definition) is 2. The van der Waals surface area contributed by atoms with Crippen molar-refractivity contribution in [1.29, 1.82) is 0 Å². The SMILES string of the molecule is CC(=O)C(=CN)C(C)=Nc1cc(Cl)ccc1O. The van der Waals surface area contributed by atoms with Gasteiger partial charge in [-0.3, -0.25) is 4.79 Å². The Hall–Kier alpha value is -1.81. The molecule has 5 heteroatoms. The maximum absolute atomic E-state index is 11.2. The summed E-state index contributed by atoms with van der Waals surface area (Å²) in [7, 11) is 0. The molecule has 4 nitrogen and oxygen atoms in total. The van der Waals surface area contributed by atoms with E-state index in [9.17, 15) is 9.90 Å². The van der Waals surface area contributed by atoms with Crippen molar-refractivity contribution in [2.45, 2.75) is 13.8 Å². The zero-order valence-electron chi connectivity index (χ0n) is 9.57. The van der Waals surface area contributed by atoms with E-state index in [0.29, 0.717) is 22.0 Å². The minimum absolute atomic E-state index is 0.00586. The minimum atomic E-state index is -0.185. The first-order valence-electron chi connectivity index (χ1n) is 4.92. The molecule has 17 heavy (non-hydrogen) atoms. The number of benzene rings is 1. The highest BCUT2D eigenvalue weighted by atomic mass is 35.5. The third-order valence-corrected chi connectivity index (χ3v) is 2.40. The molecule has 0 amide bonds. The average Bonchev–Trinajstić information content (AvgIpc) is 2.24. The third-order valence-electron chi connectivity index (χ3n) is 2.16. The molecule has 0 aliphatic heterocycles. The smallest absolute Gasteiger partial charge is 0.163 e. The molecule has 1 rings (SSSR count). The Kier molecular flexibility index (Phi) is 4.29. The topological polar surface area (TPSA) is 75.7 Å². The van der Waals surface area contributed by atoms with Gasteiger partial charge in [-0.2, -0.15) is 0 Å². The molecule has 0 fully saturated rings. The van der Waals surface area contributed by atoms with E-state index in [2.05, 4.69) is 4.99 Å². The first-order valence-corrected chi connectivity index (χ1v) is 5.30. The molecule has 0 aliphatic rings. The number of allylic oxidation sites excluding steroid dienone is 1. The van der Waals surface area contributed by atoms with Gasteiger partial charge in [-0.1, -0.05) is 11.6 Å². The summed E-state index contributed by atoms with van der Waals surface area (Å²) >= 11 is 5.79. The number of hydrogen-bond acceptors (Lipinski definition) is 4. The molecule has 0 aromatic heterocycles. The summed E-state index contributed by atoms with van der Waals surface area (Å²) in [5.74, 6) is -0.191. The van der Waals surface area contributed by atoms with Gasteiger partial charge in [0.1, 0.15) is 11.4 Å². The van der Waals surface area contributed by atoms with Crippen LogP contribution in [0, 0.1) is 0 Å². The summed E-state index contributed by atoms with van der Waals surface area (Å²) in [5, 5.41) is 10.0. The third kappa shape index (κ3) is 3.32. The van der Waals surface area contributed by atoms with Gasteiger partial charge < -0.3 is 10.8 Å². The highest BCUT2D eigenvalue weighted by Gasteiger charge is 2.08. The van der Waals surface area contributed by atoms with E-state index >= 15 is 0 Å². The number of phenolic OH excluding ortho intramolecular Hbond substituents is 1. The second-order valence-corrected chi connectivity index (χ2v) is 3.90. The largest absolute Gasteiger partial charge is 0.506 e. The van der Waals surface area contributed by atoms with Crippen molar-refractivity contribution in [3.8, 4) is 5.75 Å². The summed E-state index contributed by atoms with van der Waals surface area (Å²) in [4.78, 5) is 15.4. The maximum atomic E-state index is 11.2. The van der Waals surface area contributed by atoms with E-state index in [4.69, 9.17) is 17.3 Å². The van der Waals surface area contributed by atoms with Gasteiger partial charge in [-0.25, -0.2) is 4.99 Å². The normalized spacial score (nSPS) is 12.6. The van der Waals surface area contributed by atoms with Crippen LogP contribution in [-0.2, 0) is 4.79 Å². The number of nitrogens with two attached hydrogens (primary N) is 1. The second-order valence-electron chi connectivity index (χ2n) is 3.47. The summed E-state index contributed by atoms with van der Waals surface area (Å²) in [6.07, 6.45) is 1.20. The van der Waals surface area contributed by atoms with E-state index in [0.717, 1.165) is 0 Å². The minimum Gasteiger partial charge on any atom is -0.506 e. The van der Waals surface area contributed by atoms with Crippen molar-refractivity contribution in [3.05, 3.63) is 35.0 Å². The van der Waals surface area contributed by atoms with Crippen LogP contribution in [0.3, 0.4) is 0 Å². The van der Waals surface area contributed by atoms with Gasteiger partial charge in [0.25, 0.3) is 0 Å². The number of carbonyl (C=O) groups is 1. The average molecular weight is 253 g/mol. The zero-order chi connectivity index (χ0) is 13.0. The van der Waals surface area contributed by atoms with Crippen LogP contribution in [0.2, 0.25) is 5.02 Å². The number of nitrogens with zero attached hydrogens (tertiary/aromatic N) is 1. The van der Waals surface area contributed by atoms with Crippen LogP contribution < -0.4 is 5.73 Å². The van der Waals surface area contributed by atoms with Crippen molar-refractivity contribution in [2.75, 3.05) is 0 Å². The first kappa shape index (κ1) is 13.3. The Labute approximate surface area is 104 Å².